The monoisotopic (exact) mass is 165 g/mol. The second kappa shape index (κ2) is 3.15. The molecule has 0 heterocycles. The molecule has 0 aliphatic heterocycles. The maximum atomic E-state index is 5.60. The molecular formula is C10H17N2+. The summed E-state index contributed by atoms with van der Waals surface area (Å²) < 4.78 is 0.903. The number of anilines is 1. The first-order chi connectivity index (χ1) is 5.56. The molecule has 1 rings (SSSR count). The average Bonchev–Trinajstić information content (AvgIpc) is 2.05. The van der Waals surface area contributed by atoms with E-state index >= 15 is 0 Å². The molecule has 0 unspecified atom stereocenters. The molecular weight excluding hydrogens is 148 g/mol. The topological polar surface area (TPSA) is 26.0 Å². The van der Waals surface area contributed by atoms with E-state index < -0.39 is 0 Å². The van der Waals surface area contributed by atoms with E-state index in [1.807, 2.05) is 12.1 Å². The number of nitrogens with two attached hydrogens (primary N) is 1. The van der Waals surface area contributed by atoms with Crippen LogP contribution in [0.25, 0.3) is 0 Å². The molecule has 2 heteroatoms. The van der Waals surface area contributed by atoms with Crippen LogP contribution in [-0.2, 0) is 0 Å². The van der Waals surface area contributed by atoms with Crippen molar-refractivity contribution < 1.29 is 0 Å². The van der Waals surface area contributed by atoms with Crippen LogP contribution in [0.5, 0.6) is 0 Å². The predicted molar refractivity (Wildman–Crippen MR) is 55.0 cm³/mol. The Labute approximate surface area is 74.2 Å². The highest BCUT2D eigenvalue weighted by atomic mass is 15.3. The summed E-state index contributed by atoms with van der Waals surface area (Å²) in [6.07, 6.45) is 0. The van der Waals surface area contributed by atoms with Crippen LogP contribution in [0.3, 0.4) is 0 Å². The molecule has 0 saturated heterocycles. The first-order valence-corrected chi connectivity index (χ1v) is 4.25. The standard InChI is InChI=1S/C10H17N2/c1-4-12(2,3)10-7-5-9(11)6-8-10/h5-8H,4,11H2,1-3H3/q+1. The molecule has 0 fully saturated rings. The van der Waals surface area contributed by atoms with Crippen molar-refractivity contribution in [1.82, 2.24) is 4.48 Å². The SMILES string of the molecule is CC[N+](C)(C)c1ccc(N)cc1. The first kappa shape index (κ1) is 9.07. The quantitative estimate of drug-likeness (QED) is 0.525. The van der Waals surface area contributed by atoms with Gasteiger partial charge in [0.25, 0.3) is 0 Å². The lowest BCUT2D eigenvalue weighted by Gasteiger charge is -2.27. The summed E-state index contributed by atoms with van der Waals surface area (Å²) in [5.74, 6) is 0. The lowest BCUT2D eigenvalue weighted by atomic mass is 10.2. The first-order valence-electron chi connectivity index (χ1n) is 4.25. The van der Waals surface area contributed by atoms with Gasteiger partial charge in [-0.3, -0.25) is 4.48 Å². The maximum absolute atomic E-state index is 5.60. The van der Waals surface area contributed by atoms with Gasteiger partial charge in [0.2, 0.25) is 0 Å². The van der Waals surface area contributed by atoms with Crippen LogP contribution in [0, 0.1) is 0 Å². The van der Waals surface area contributed by atoms with Gasteiger partial charge in [0.15, 0.2) is 0 Å². The fourth-order valence-electron chi connectivity index (χ4n) is 1.06. The van der Waals surface area contributed by atoms with Crippen LogP contribution >= 0.6 is 0 Å². The van der Waals surface area contributed by atoms with Gasteiger partial charge >= 0.3 is 0 Å². The van der Waals surface area contributed by atoms with Gasteiger partial charge in [0, 0.05) is 17.8 Å². The summed E-state index contributed by atoms with van der Waals surface area (Å²) in [7, 11) is 4.37. The molecule has 2 N–H and O–H groups in total. The molecule has 0 atom stereocenters. The summed E-state index contributed by atoms with van der Waals surface area (Å²) in [5, 5.41) is 0. The summed E-state index contributed by atoms with van der Waals surface area (Å²) in [4.78, 5) is 0. The number of rotatable bonds is 2. The molecule has 0 aromatic heterocycles. The second-order valence-electron chi connectivity index (χ2n) is 3.59. The number of hydrogen-bond acceptors (Lipinski definition) is 1. The minimum Gasteiger partial charge on any atom is -0.399 e. The van der Waals surface area contributed by atoms with E-state index in [2.05, 4.69) is 33.2 Å². The number of quaternary nitrogens is 1. The van der Waals surface area contributed by atoms with Gasteiger partial charge in [0.1, 0.15) is 5.69 Å². The van der Waals surface area contributed by atoms with E-state index in [9.17, 15) is 0 Å². The van der Waals surface area contributed by atoms with Crippen molar-refractivity contribution in [2.24, 2.45) is 0 Å². The Balaban J connectivity index is 2.96. The van der Waals surface area contributed by atoms with Gasteiger partial charge in [0.05, 0.1) is 20.6 Å². The fourth-order valence-corrected chi connectivity index (χ4v) is 1.06. The fraction of sp³-hybridized carbons (Fsp3) is 0.400. The molecule has 0 saturated carbocycles. The van der Waals surface area contributed by atoms with Crippen LogP contribution in [0.4, 0.5) is 11.4 Å². The zero-order valence-electron chi connectivity index (χ0n) is 8.04. The molecule has 12 heavy (non-hydrogen) atoms. The molecule has 2 nitrogen and oxygen atoms in total. The Morgan fingerprint density at radius 1 is 1.17 bits per heavy atom. The zero-order chi connectivity index (χ0) is 9.19. The Morgan fingerprint density at radius 3 is 2.08 bits per heavy atom. The third kappa shape index (κ3) is 1.77. The van der Waals surface area contributed by atoms with Crippen LogP contribution in [0.15, 0.2) is 24.3 Å². The maximum Gasteiger partial charge on any atom is 0.132 e. The van der Waals surface area contributed by atoms with Crippen molar-refractivity contribution in [2.75, 3.05) is 26.4 Å². The van der Waals surface area contributed by atoms with Crippen molar-refractivity contribution in [2.45, 2.75) is 6.92 Å². The Bertz CT molecular complexity index is 249. The van der Waals surface area contributed by atoms with Crippen LogP contribution < -0.4 is 10.2 Å². The van der Waals surface area contributed by atoms with E-state index in [-0.39, 0.29) is 0 Å². The van der Waals surface area contributed by atoms with E-state index in [1.54, 1.807) is 0 Å². The van der Waals surface area contributed by atoms with Crippen molar-refractivity contribution >= 4 is 11.4 Å². The number of nitrogens with zero attached hydrogens (tertiary/aromatic N) is 1. The smallest absolute Gasteiger partial charge is 0.132 e. The molecule has 0 aliphatic rings. The van der Waals surface area contributed by atoms with Crippen molar-refractivity contribution in [3.05, 3.63) is 24.3 Å². The van der Waals surface area contributed by atoms with Crippen LogP contribution in [0.1, 0.15) is 6.92 Å². The van der Waals surface area contributed by atoms with Gasteiger partial charge in [-0.25, -0.2) is 0 Å². The summed E-state index contributed by atoms with van der Waals surface area (Å²) >= 11 is 0. The molecule has 0 spiro atoms. The van der Waals surface area contributed by atoms with E-state index in [0.717, 1.165) is 16.7 Å². The second-order valence-corrected chi connectivity index (χ2v) is 3.59. The normalized spacial score (nSPS) is 11.6. The number of benzene rings is 1. The molecule has 1 aromatic rings. The summed E-state index contributed by atoms with van der Waals surface area (Å²) in [6.45, 7) is 3.26. The lowest BCUT2D eigenvalue weighted by molar-refractivity contribution is 0.421. The highest BCUT2D eigenvalue weighted by Crippen LogP contribution is 2.19. The molecule has 0 amide bonds. The van der Waals surface area contributed by atoms with Gasteiger partial charge in [-0.1, -0.05) is 0 Å². The average molecular weight is 165 g/mol. The number of nitrogen functional groups attached to an aromatic ring is 1. The summed E-state index contributed by atoms with van der Waals surface area (Å²) in [5.41, 5.74) is 7.73. The third-order valence-electron chi connectivity index (χ3n) is 2.38. The van der Waals surface area contributed by atoms with E-state index in [0.29, 0.717) is 0 Å². The van der Waals surface area contributed by atoms with Gasteiger partial charge in [-0.2, -0.15) is 0 Å². The largest absolute Gasteiger partial charge is 0.399 e. The molecule has 66 valence electrons. The summed E-state index contributed by atoms with van der Waals surface area (Å²) in [6, 6.07) is 8.06. The molecule has 0 radical (unpaired) electrons. The number of hydrogen-bond donors (Lipinski definition) is 1. The molecule has 1 aromatic carbocycles. The van der Waals surface area contributed by atoms with Crippen molar-refractivity contribution in [3.8, 4) is 0 Å². The Morgan fingerprint density at radius 2 is 1.67 bits per heavy atom. The lowest BCUT2D eigenvalue weighted by Crippen LogP contribution is -2.39. The molecule has 0 aliphatic carbocycles. The zero-order valence-corrected chi connectivity index (χ0v) is 8.04. The minimum atomic E-state index is 0.829. The van der Waals surface area contributed by atoms with Gasteiger partial charge < -0.3 is 5.73 Å². The van der Waals surface area contributed by atoms with Crippen molar-refractivity contribution in [1.29, 1.82) is 0 Å². The Hall–Kier alpha value is -1.02. The van der Waals surface area contributed by atoms with Crippen molar-refractivity contribution in [3.63, 3.8) is 0 Å². The minimum absolute atomic E-state index is 0.829. The predicted octanol–water partition coefficient (Wildman–Crippen LogP) is 1.86. The highest BCUT2D eigenvalue weighted by Gasteiger charge is 2.14. The van der Waals surface area contributed by atoms with Gasteiger partial charge in [-0.15, -0.1) is 0 Å². The van der Waals surface area contributed by atoms with E-state index in [1.165, 1.54) is 5.69 Å². The molecule has 0 bridgehead atoms. The Kier molecular flexibility index (Phi) is 2.38. The van der Waals surface area contributed by atoms with Gasteiger partial charge in [-0.05, 0) is 19.1 Å². The third-order valence-corrected chi connectivity index (χ3v) is 2.38. The van der Waals surface area contributed by atoms with E-state index in [4.69, 9.17) is 5.73 Å². The van der Waals surface area contributed by atoms with Crippen LogP contribution in [-0.4, -0.2) is 20.6 Å². The van der Waals surface area contributed by atoms with Crippen LogP contribution in [0.2, 0.25) is 0 Å². The highest BCUT2D eigenvalue weighted by molar-refractivity contribution is 5.50.